The van der Waals surface area contributed by atoms with Gasteiger partial charge < -0.3 is 15.7 Å². The molecule has 0 saturated heterocycles. The van der Waals surface area contributed by atoms with Crippen LogP contribution in [0.3, 0.4) is 0 Å². The quantitative estimate of drug-likeness (QED) is 0.664. The zero-order valence-electron chi connectivity index (χ0n) is 12.7. The van der Waals surface area contributed by atoms with Crippen molar-refractivity contribution in [2.75, 3.05) is 6.54 Å². The number of hydrogen-bond acceptors (Lipinski definition) is 3. The Morgan fingerprint density at radius 2 is 1.96 bits per heavy atom. The second kappa shape index (κ2) is 8.61. The van der Waals surface area contributed by atoms with E-state index in [1.165, 1.54) is 12.1 Å². The maximum absolute atomic E-state index is 13.1. The molecule has 0 heterocycles. The van der Waals surface area contributed by atoms with E-state index in [9.17, 15) is 18.8 Å². The van der Waals surface area contributed by atoms with Crippen LogP contribution in [0.5, 0.6) is 0 Å². The first kappa shape index (κ1) is 19.1. The van der Waals surface area contributed by atoms with Crippen molar-refractivity contribution in [3.8, 4) is 0 Å². The number of halogens is 2. The Morgan fingerprint density at radius 3 is 2.52 bits per heavy atom. The van der Waals surface area contributed by atoms with Crippen LogP contribution >= 0.6 is 15.9 Å². The van der Waals surface area contributed by atoms with Crippen molar-refractivity contribution < 1.29 is 23.9 Å². The van der Waals surface area contributed by atoms with Gasteiger partial charge in [0, 0.05) is 17.4 Å². The molecule has 0 aromatic heterocycles. The van der Waals surface area contributed by atoms with Crippen molar-refractivity contribution in [1.82, 2.24) is 10.6 Å². The first-order valence-corrected chi connectivity index (χ1v) is 7.77. The summed E-state index contributed by atoms with van der Waals surface area (Å²) in [5, 5.41) is 13.9. The summed E-state index contributed by atoms with van der Waals surface area (Å²) in [6, 6.07) is 2.73. The van der Waals surface area contributed by atoms with Crippen LogP contribution < -0.4 is 10.6 Å². The van der Waals surface area contributed by atoms with Crippen LogP contribution in [0.25, 0.3) is 0 Å². The fourth-order valence-electron chi connectivity index (χ4n) is 1.82. The van der Waals surface area contributed by atoms with Crippen LogP contribution in [0.1, 0.15) is 30.6 Å². The van der Waals surface area contributed by atoms with E-state index in [1.54, 1.807) is 13.8 Å². The third-order valence-electron chi connectivity index (χ3n) is 3.06. The highest BCUT2D eigenvalue weighted by Gasteiger charge is 2.23. The molecule has 6 nitrogen and oxygen atoms in total. The van der Waals surface area contributed by atoms with E-state index in [1.807, 2.05) is 0 Å². The van der Waals surface area contributed by atoms with Crippen LogP contribution in [0.4, 0.5) is 4.39 Å². The number of carbonyl (C=O) groups is 3. The van der Waals surface area contributed by atoms with Gasteiger partial charge in [-0.1, -0.05) is 13.8 Å². The summed E-state index contributed by atoms with van der Waals surface area (Å²) in [4.78, 5) is 34.6. The second-order valence-corrected chi connectivity index (χ2v) is 6.11. The predicted molar refractivity (Wildman–Crippen MR) is 85.5 cm³/mol. The van der Waals surface area contributed by atoms with Gasteiger partial charge in [-0.15, -0.1) is 0 Å². The number of nitrogens with one attached hydrogen (secondary N) is 2. The molecule has 0 aliphatic heterocycles. The summed E-state index contributed by atoms with van der Waals surface area (Å²) in [6.45, 7) is 3.38. The molecule has 1 atom stereocenters. The topological polar surface area (TPSA) is 95.5 Å². The Hall–Kier alpha value is -1.96. The lowest BCUT2D eigenvalue weighted by molar-refractivity contribution is -0.143. The van der Waals surface area contributed by atoms with E-state index >= 15 is 0 Å². The summed E-state index contributed by atoms with van der Waals surface area (Å²) in [5.74, 6) is -2.92. The van der Waals surface area contributed by atoms with E-state index in [2.05, 4.69) is 26.6 Å². The van der Waals surface area contributed by atoms with E-state index in [0.29, 0.717) is 4.47 Å². The number of carboxylic acids is 1. The number of rotatable bonds is 7. The lowest BCUT2D eigenvalue weighted by Crippen LogP contribution is -2.45. The number of carboxylic acid groups (broad SMARTS) is 1. The van der Waals surface area contributed by atoms with Crippen molar-refractivity contribution in [1.29, 1.82) is 0 Å². The van der Waals surface area contributed by atoms with Gasteiger partial charge in [-0.3, -0.25) is 9.59 Å². The van der Waals surface area contributed by atoms with Crippen LogP contribution in [0, 0.1) is 11.7 Å². The maximum atomic E-state index is 13.1. The first-order valence-electron chi connectivity index (χ1n) is 6.97. The molecule has 126 valence electrons. The highest BCUT2D eigenvalue weighted by atomic mass is 79.9. The van der Waals surface area contributed by atoms with Crippen molar-refractivity contribution in [2.24, 2.45) is 5.92 Å². The lowest BCUT2D eigenvalue weighted by Gasteiger charge is -2.17. The SMILES string of the molecule is CC(C)[C@H](NC(=O)CCNC(=O)c1cc(F)ccc1Br)C(=O)O. The van der Waals surface area contributed by atoms with Gasteiger partial charge in [-0.2, -0.15) is 0 Å². The van der Waals surface area contributed by atoms with Crippen LogP contribution in [0.15, 0.2) is 22.7 Å². The van der Waals surface area contributed by atoms with Gasteiger partial charge in [-0.05, 0) is 40.0 Å². The Balaban J connectivity index is 2.50. The van der Waals surface area contributed by atoms with E-state index in [4.69, 9.17) is 5.11 Å². The Kier molecular flexibility index (Phi) is 7.15. The second-order valence-electron chi connectivity index (χ2n) is 5.26. The molecule has 8 heteroatoms. The number of carbonyl (C=O) groups excluding carboxylic acids is 2. The van der Waals surface area contributed by atoms with Gasteiger partial charge in [0.05, 0.1) is 5.56 Å². The van der Waals surface area contributed by atoms with Gasteiger partial charge >= 0.3 is 5.97 Å². The standard InChI is InChI=1S/C15H18BrFN2O4/c1-8(2)13(15(22)23)19-12(20)5-6-18-14(21)10-7-9(17)3-4-11(10)16/h3-4,7-8,13H,5-6H2,1-2H3,(H,18,21)(H,19,20)(H,22,23)/t13-/m0/s1. The molecule has 0 saturated carbocycles. The average molecular weight is 389 g/mol. The summed E-state index contributed by atoms with van der Waals surface area (Å²) in [6.07, 6.45) is -0.0742. The third-order valence-corrected chi connectivity index (χ3v) is 3.75. The highest BCUT2D eigenvalue weighted by Crippen LogP contribution is 2.17. The molecule has 0 aliphatic carbocycles. The maximum Gasteiger partial charge on any atom is 0.326 e. The average Bonchev–Trinajstić information content (AvgIpc) is 2.46. The van der Waals surface area contributed by atoms with Crippen molar-refractivity contribution in [3.05, 3.63) is 34.1 Å². The molecule has 0 aliphatic rings. The molecule has 0 spiro atoms. The monoisotopic (exact) mass is 388 g/mol. The third kappa shape index (κ3) is 5.97. The van der Waals surface area contributed by atoms with Gasteiger partial charge in [0.1, 0.15) is 11.9 Å². The van der Waals surface area contributed by atoms with Crippen LogP contribution in [0.2, 0.25) is 0 Å². The largest absolute Gasteiger partial charge is 0.480 e. The Bertz CT molecular complexity index is 607. The Morgan fingerprint density at radius 1 is 1.30 bits per heavy atom. The number of hydrogen-bond donors (Lipinski definition) is 3. The smallest absolute Gasteiger partial charge is 0.326 e. The molecule has 1 aromatic carbocycles. The molecular formula is C15H18BrFN2O4. The minimum absolute atomic E-state index is 0.0120. The molecular weight excluding hydrogens is 371 g/mol. The molecule has 2 amide bonds. The number of aliphatic carboxylic acids is 1. The fraction of sp³-hybridized carbons (Fsp3) is 0.400. The lowest BCUT2D eigenvalue weighted by atomic mass is 10.0. The van der Waals surface area contributed by atoms with E-state index < -0.39 is 29.6 Å². The Labute approximate surface area is 141 Å². The summed E-state index contributed by atoms with van der Waals surface area (Å²) < 4.78 is 13.6. The molecule has 3 N–H and O–H groups in total. The minimum Gasteiger partial charge on any atom is -0.480 e. The normalized spacial score (nSPS) is 11.9. The molecule has 1 rings (SSSR count). The van der Waals surface area contributed by atoms with Crippen LogP contribution in [-0.4, -0.2) is 35.5 Å². The number of amides is 2. The van der Waals surface area contributed by atoms with Gasteiger partial charge in [0.15, 0.2) is 0 Å². The van der Waals surface area contributed by atoms with Gasteiger partial charge in [0.25, 0.3) is 5.91 Å². The fourth-order valence-corrected chi connectivity index (χ4v) is 2.24. The van der Waals surface area contributed by atoms with Gasteiger partial charge in [0.2, 0.25) is 5.91 Å². The van der Waals surface area contributed by atoms with E-state index in [0.717, 1.165) is 6.07 Å². The molecule has 0 bridgehead atoms. The molecule has 1 aromatic rings. The first-order chi connectivity index (χ1) is 10.7. The van der Waals surface area contributed by atoms with Crippen LogP contribution in [-0.2, 0) is 9.59 Å². The number of benzene rings is 1. The zero-order valence-corrected chi connectivity index (χ0v) is 14.3. The van der Waals surface area contributed by atoms with E-state index in [-0.39, 0.29) is 24.4 Å². The minimum atomic E-state index is -1.11. The van der Waals surface area contributed by atoms with Crippen molar-refractivity contribution in [3.63, 3.8) is 0 Å². The zero-order chi connectivity index (χ0) is 17.6. The summed E-state index contributed by atoms with van der Waals surface area (Å²) in [5.41, 5.74) is 0.121. The van der Waals surface area contributed by atoms with Crippen molar-refractivity contribution in [2.45, 2.75) is 26.3 Å². The molecule has 0 fully saturated rings. The molecule has 0 unspecified atom stereocenters. The summed E-state index contributed by atoms with van der Waals surface area (Å²) >= 11 is 3.14. The van der Waals surface area contributed by atoms with Crippen molar-refractivity contribution >= 4 is 33.7 Å². The molecule has 23 heavy (non-hydrogen) atoms. The highest BCUT2D eigenvalue weighted by molar-refractivity contribution is 9.10. The summed E-state index contributed by atoms with van der Waals surface area (Å²) in [7, 11) is 0. The van der Waals surface area contributed by atoms with Gasteiger partial charge in [-0.25, -0.2) is 9.18 Å². The molecule has 0 radical (unpaired) electrons. The predicted octanol–water partition coefficient (Wildman–Crippen LogP) is 1.93.